The fourth-order valence-corrected chi connectivity index (χ4v) is 5.75. The predicted octanol–water partition coefficient (Wildman–Crippen LogP) is 4.57. The third kappa shape index (κ3) is 6.40. The van der Waals surface area contributed by atoms with Gasteiger partial charge in [-0.05, 0) is 56.9 Å². The number of rotatable bonds is 8. The summed E-state index contributed by atoms with van der Waals surface area (Å²) in [6.07, 6.45) is 1.54. The maximum absolute atomic E-state index is 13.7. The van der Waals surface area contributed by atoms with Crippen LogP contribution in [0.5, 0.6) is 0 Å². The Hall–Kier alpha value is -3.29. The van der Waals surface area contributed by atoms with E-state index in [0.717, 1.165) is 27.8 Å². The SMILES string of the molecule is Cc1ccc(CN(CC(=O)N/N=C/c2cccc(C)c2)S(=O)(=O)c2c(C)cc(C)cc2C)cc1. The van der Waals surface area contributed by atoms with Crippen LogP contribution in [0.2, 0.25) is 0 Å². The molecule has 6 nitrogen and oxygen atoms in total. The summed E-state index contributed by atoms with van der Waals surface area (Å²) in [5.41, 5.74) is 8.56. The third-order valence-corrected chi connectivity index (χ3v) is 7.54. The molecule has 0 unspecified atom stereocenters. The number of aryl methyl sites for hydroxylation is 5. The number of nitrogens with one attached hydrogen (secondary N) is 1. The van der Waals surface area contributed by atoms with E-state index in [9.17, 15) is 13.2 Å². The van der Waals surface area contributed by atoms with Crippen molar-refractivity contribution in [2.24, 2.45) is 5.10 Å². The van der Waals surface area contributed by atoms with E-state index < -0.39 is 15.9 Å². The second kappa shape index (κ2) is 10.8. The fourth-order valence-electron chi connectivity index (χ4n) is 3.95. The Kier molecular flexibility index (Phi) is 8.02. The highest BCUT2D eigenvalue weighted by Crippen LogP contribution is 2.26. The van der Waals surface area contributed by atoms with Crippen LogP contribution in [0.4, 0.5) is 0 Å². The molecule has 0 saturated carbocycles. The first-order valence-electron chi connectivity index (χ1n) is 11.1. The van der Waals surface area contributed by atoms with Crippen molar-refractivity contribution in [3.8, 4) is 0 Å². The zero-order chi connectivity index (χ0) is 24.9. The smallest absolute Gasteiger partial charge is 0.255 e. The molecule has 7 heteroatoms. The summed E-state index contributed by atoms with van der Waals surface area (Å²) in [6, 6.07) is 19.0. The summed E-state index contributed by atoms with van der Waals surface area (Å²) < 4.78 is 28.7. The van der Waals surface area contributed by atoms with Gasteiger partial charge >= 0.3 is 0 Å². The van der Waals surface area contributed by atoms with Gasteiger partial charge in [-0.2, -0.15) is 9.41 Å². The highest BCUT2D eigenvalue weighted by Gasteiger charge is 2.30. The summed E-state index contributed by atoms with van der Waals surface area (Å²) in [5.74, 6) is -0.512. The average molecular weight is 478 g/mol. The Labute approximate surface area is 202 Å². The van der Waals surface area contributed by atoms with Gasteiger partial charge < -0.3 is 0 Å². The van der Waals surface area contributed by atoms with E-state index in [2.05, 4.69) is 10.5 Å². The monoisotopic (exact) mass is 477 g/mol. The minimum absolute atomic E-state index is 0.0738. The summed E-state index contributed by atoms with van der Waals surface area (Å²) >= 11 is 0. The second-order valence-corrected chi connectivity index (χ2v) is 10.6. The molecule has 0 aliphatic heterocycles. The number of amides is 1. The molecule has 0 aromatic heterocycles. The minimum atomic E-state index is -3.94. The van der Waals surface area contributed by atoms with E-state index in [0.29, 0.717) is 11.1 Å². The van der Waals surface area contributed by atoms with Gasteiger partial charge in [0.05, 0.1) is 17.7 Å². The van der Waals surface area contributed by atoms with Crippen LogP contribution in [-0.4, -0.2) is 31.4 Å². The molecular weight excluding hydrogens is 446 g/mol. The number of carbonyl (C=O) groups is 1. The van der Waals surface area contributed by atoms with Gasteiger partial charge in [-0.1, -0.05) is 77.4 Å². The molecule has 34 heavy (non-hydrogen) atoms. The van der Waals surface area contributed by atoms with Crippen molar-refractivity contribution in [3.63, 3.8) is 0 Å². The molecule has 3 aromatic carbocycles. The van der Waals surface area contributed by atoms with Gasteiger partial charge in [-0.15, -0.1) is 0 Å². The molecule has 0 saturated heterocycles. The van der Waals surface area contributed by atoms with Crippen molar-refractivity contribution in [2.75, 3.05) is 6.54 Å². The molecule has 0 aliphatic carbocycles. The normalized spacial score (nSPS) is 11.8. The second-order valence-electron chi connectivity index (χ2n) is 8.69. The quantitative estimate of drug-likeness (QED) is 0.381. The maximum Gasteiger partial charge on any atom is 0.255 e. The van der Waals surface area contributed by atoms with E-state index in [1.54, 1.807) is 13.8 Å². The zero-order valence-corrected chi connectivity index (χ0v) is 21.1. The van der Waals surface area contributed by atoms with Crippen LogP contribution in [0.1, 0.15) is 38.9 Å². The molecule has 1 N–H and O–H groups in total. The molecule has 0 atom stereocenters. The van der Waals surface area contributed by atoms with Crippen LogP contribution >= 0.6 is 0 Å². The van der Waals surface area contributed by atoms with Gasteiger partial charge in [-0.3, -0.25) is 4.79 Å². The van der Waals surface area contributed by atoms with Crippen molar-refractivity contribution in [2.45, 2.75) is 46.1 Å². The van der Waals surface area contributed by atoms with Crippen LogP contribution < -0.4 is 5.43 Å². The number of hydrogen-bond acceptors (Lipinski definition) is 4. The lowest BCUT2D eigenvalue weighted by atomic mass is 10.1. The molecule has 0 spiro atoms. The topological polar surface area (TPSA) is 78.8 Å². The van der Waals surface area contributed by atoms with Crippen LogP contribution in [0, 0.1) is 34.6 Å². The molecule has 178 valence electrons. The lowest BCUT2D eigenvalue weighted by Gasteiger charge is -2.24. The van der Waals surface area contributed by atoms with Crippen molar-refractivity contribution < 1.29 is 13.2 Å². The first kappa shape index (κ1) is 25.3. The molecule has 0 heterocycles. The van der Waals surface area contributed by atoms with Crippen molar-refractivity contribution in [3.05, 3.63) is 99.6 Å². The lowest BCUT2D eigenvalue weighted by molar-refractivity contribution is -0.121. The summed E-state index contributed by atoms with van der Waals surface area (Å²) in [5, 5.41) is 4.01. The van der Waals surface area contributed by atoms with Gasteiger partial charge in [0.1, 0.15) is 0 Å². The summed E-state index contributed by atoms with van der Waals surface area (Å²) in [7, 11) is -3.94. The van der Waals surface area contributed by atoms with E-state index in [1.165, 1.54) is 10.5 Å². The number of hydrogen-bond donors (Lipinski definition) is 1. The van der Waals surface area contributed by atoms with E-state index in [4.69, 9.17) is 0 Å². The standard InChI is InChI=1S/C27H31N3O3S/c1-19-9-11-24(12-10-19)17-30(34(32,33)27-22(4)13-21(3)14-23(27)5)18-26(31)29-28-16-25-8-6-7-20(2)15-25/h6-16H,17-18H2,1-5H3,(H,29,31)/b28-16+. The average Bonchev–Trinajstić information content (AvgIpc) is 2.74. The van der Waals surface area contributed by atoms with Gasteiger partial charge in [0.25, 0.3) is 5.91 Å². The fraction of sp³-hybridized carbons (Fsp3) is 0.259. The Balaban J connectivity index is 1.87. The number of carbonyl (C=O) groups excluding carboxylic acids is 1. The van der Waals surface area contributed by atoms with E-state index in [1.807, 2.05) is 81.4 Å². The third-order valence-electron chi connectivity index (χ3n) is 5.45. The van der Waals surface area contributed by atoms with Crippen LogP contribution in [0.15, 0.2) is 70.7 Å². The Morgan fingerprint density at radius 2 is 1.53 bits per heavy atom. The first-order valence-corrected chi connectivity index (χ1v) is 12.5. The predicted molar refractivity (Wildman–Crippen MR) is 136 cm³/mol. The minimum Gasteiger partial charge on any atom is -0.272 e. The number of nitrogens with zero attached hydrogens (tertiary/aromatic N) is 2. The summed E-state index contributed by atoms with van der Waals surface area (Å²) in [4.78, 5) is 13.0. The first-order chi connectivity index (χ1) is 16.1. The molecule has 3 aromatic rings. The highest BCUT2D eigenvalue weighted by molar-refractivity contribution is 7.89. The van der Waals surface area contributed by atoms with Gasteiger partial charge in [-0.25, -0.2) is 13.8 Å². The molecule has 3 rings (SSSR count). The van der Waals surface area contributed by atoms with Crippen LogP contribution in [0.25, 0.3) is 0 Å². The number of benzene rings is 3. The van der Waals surface area contributed by atoms with Gasteiger partial charge in [0.15, 0.2) is 0 Å². The zero-order valence-electron chi connectivity index (χ0n) is 20.3. The Bertz CT molecular complexity index is 1290. The van der Waals surface area contributed by atoms with Crippen molar-refractivity contribution in [1.29, 1.82) is 0 Å². The molecule has 0 radical (unpaired) electrons. The molecule has 0 fully saturated rings. The largest absolute Gasteiger partial charge is 0.272 e. The van der Waals surface area contributed by atoms with Gasteiger partial charge in [0.2, 0.25) is 10.0 Å². The van der Waals surface area contributed by atoms with Crippen LogP contribution in [0.3, 0.4) is 0 Å². The Morgan fingerprint density at radius 1 is 0.882 bits per heavy atom. The van der Waals surface area contributed by atoms with Crippen molar-refractivity contribution in [1.82, 2.24) is 9.73 Å². The Morgan fingerprint density at radius 3 is 2.15 bits per heavy atom. The maximum atomic E-state index is 13.7. The molecular formula is C27H31N3O3S. The lowest BCUT2D eigenvalue weighted by Crippen LogP contribution is -2.39. The molecule has 1 amide bonds. The summed E-state index contributed by atoms with van der Waals surface area (Å²) in [6.45, 7) is 9.15. The van der Waals surface area contributed by atoms with Gasteiger partial charge in [0, 0.05) is 6.54 Å². The molecule has 0 bridgehead atoms. The number of sulfonamides is 1. The van der Waals surface area contributed by atoms with E-state index >= 15 is 0 Å². The number of hydrazone groups is 1. The van der Waals surface area contributed by atoms with Crippen LogP contribution in [-0.2, 0) is 21.4 Å². The van der Waals surface area contributed by atoms with Crippen molar-refractivity contribution >= 4 is 22.1 Å². The highest BCUT2D eigenvalue weighted by atomic mass is 32.2. The molecule has 0 aliphatic rings. The van der Waals surface area contributed by atoms with E-state index in [-0.39, 0.29) is 18.0 Å².